The number of hydrogen-bond acceptors (Lipinski definition) is 4. The van der Waals surface area contributed by atoms with Crippen LogP contribution in [0.3, 0.4) is 0 Å². The number of carbonyl (C=O) groups is 2. The Balaban J connectivity index is 1.64. The Morgan fingerprint density at radius 2 is 1.56 bits per heavy atom. The monoisotopic (exact) mass is 360 g/mol. The van der Waals surface area contributed by atoms with Gasteiger partial charge in [-0.25, -0.2) is 4.98 Å². The van der Waals surface area contributed by atoms with E-state index in [1.54, 1.807) is 24.3 Å². The molecule has 3 rings (SSSR count). The van der Waals surface area contributed by atoms with Gasteiger partial charge in [-0.05, 0) is 55.0 Å². The van der Waals surface area contributed by atoms with Crippen molar-refractivity contribution in [2.45, 2.75) is 13.8 Å². The molecule has 1 heterocycles. The van der Waals surface area contributed by atoms with Crippen LogP contribution >= 0.6 is 0 Å². The summed E-state index contributed by atoms with van der Waals surface area (Å²) in [5, 5.41) is 8.75. The van der Waals surface area contributed by atoms with Crippen molar-refractivity contribution in [3.8, 4) is 0 Å². The van der Waals surface area contributed by atoms with Gasteiger partial charge in [0.25, 0.3) is 5.91 Å². The number of nitrogens with one attached hydrogen (secondary N) is 3. The topological polar surface area (TPSA) is 83.1 Å². The second kappa shape index (κ2) is 8.14. The zero-order valence-corrected chi connectivity index (χ0v) is 15.1. The molecule has 0 aliphatic heterocycles. The molecule has 1 aromatic heterocycles. The standard InChI is InChI=1S/C21H20N4O2/c1-14-5-3-4-6-19(14)25-21(27)16-7-12-20(22-13-16)24-18-10-8-17(9-11-18)23-15(2)26/h3-13H,1-2H3,(H,22,24)(H,23,26)(H,25,27). The minimum Gasteiger partial charge on any atom is -0.340 e. The number of aryl methyl sites for hydroxylation is 1. The van der Waals surface area contributed by atoms with Gasteiger partial charge in [-0.2, -0.15) is 0 Å². The summed E-state index contributed by atoms with van der Waals surface area (Å²) in [6, 6.07) is 18.3. The molecule has 0 fully saturated rings. The molecular formula is C21H20N4O2. The Labute approximate surface area is 157 Å². The van der Waals surface area contributed by atoms with Crippen LogP contribution < -0.4 is 16.0 Å². The van der Waals surface area contributed by atoms with E-state index in [0.717, 1.165) is 22.6 Å². The highest BCUT2D eigenvalue weighted by molar-refractivity contribution is 6.04. The lowest BCUT2D eigenvalue weighted by Gasteiger charge is -2.09. The molecule has 3 aromatic rings. The van der Waals surface area contributed by atoms with Gasteiger partial charge >= 0.3 is 0 Å². The van der Waals surface area contributed by atoms with E-state index in [1.165, 1.54) is 13.1 Å². The molecule has 6 heteroatoms. The second-order valence-electron chi connectivity index (χ2n) is 6.08. The molecular weight excluding hydrogens is 340 g/mol. The summed E-state index contributed by atoms with van der Waals surface area (Å²) in [6.07, 6.45) is 1.53. The number of hydrogen-bond donors (Lipinski definition) is 3. The molecule has 2 amide bonds. The maximum atomic E-state index is 12.4. The zero-order valence-electron chi connectivity index (χ0n) is 15.1. The maximum absolute atomic E-state index is 12.4. The average Bonchev–Trinajstić information content (AvgIpc) is 2.65. The Morgan fingerprint density at radius 3 is 2.19 bits per heavy atom. The third-order valence-electron chi connectivity index (χ3n) is 3.90. The summed E-state index contributed by atoms with van der Waals surface area (Å²) in [5.41, 5.74) is 3.81. The average molecular weight is 360 g/mol. The molecule has 0 saturated heterocycles. The number of pyridine rings is 1. The molecule has 136 valence electrons. The molecule has 6 nitrogen and oxygen atoms in total. The van der Waals surface area contributed by atoms with Gasteiger partial charge in [-0.1, -0.05) is 18.2 Å². The van der Waals surface area contributed by atoms with Crippen LogP contribution in [0.15, 0.2) is 66.9 Å². The van der Waals surface area contributed by atoms with Crippen LogP contribution in [-0.4, -0.2) is 16.8 Å². The molecule has 0 saturated carbocycles. The minimum absolute atomic E-state index is 0.114. The largest absolute Gasteiger partial charge is 0.340 e. The molecule has 0 aliphatic rings. The molecule has 3 N–H and O–H groups in total. The number of benzene rings is 2. The number of aromatic nitrogens is 1. The SMILES string of the molecule is CC(=O)Nc1ccc(Nc2ccc(C(=O)Nc3ccccc3C)cn2)cc1. The Kier molecular flexibility index (Phi) is 5.47. The van der Waals surface area contributed by atoms with E-state index in [1.807, 2.05) is 43.3 Å². The van der Waals surface area contributed by atoms with E-state index in [4.69, 9.17) is 0 Å². The van der Waals surface area contributed by atoms with E-state index in [0.29, 0.717) is 11.4 Å². The second-order valence-corrected chi connectivity index (χ2v) is 6.08. The van der Waals surface area contributed by atoms with Crippen LogP contribution in [0, 0.1) is 6.92 Å². The van der Waals surface area contributed by atoms with E-state index < -0.39 is 0 Å². The van der Waals surface area contributed by atoms with Gasteiger partial charge in [0.1, 0.15) is 5.82 Å². The summed E-state index contributed by atoms with van der Waals surface area (Å²) in [6.45, 7) is 3.41. The van der Waals surface area contributed by atoms with Crippen molar-refractivity contribution in [3.63, 3.8) is 0 Å². The first-order valence-electron chi connectivity index (χ1n) is 8.49. The molecule has 0 radical (unpaired) electrons. The number of carbonyl (C=O) groups excluding carboxylic acids is 2. The molecule has 0 bridgehead atoms. The molecule has 0 spiro atoms. The Hall–Kier alpha value is -3.67. The van der Waals surface area contributed by atoms with Crippen LogP contribution in [0.1, 0.15) is 22.8 Å². The van der Waals surface area contributed by atoms with Crippen molar-refractivity contribution in [2.75, 3.05) is 16.0 Å². The smallest absolute Gasteiger partial charge is 0.257 e. The lowest BCUT2D eigenvalue weighted by atomic mass is 10.2. The quantitative estimate of drug-likeness (QED) is 0.632. The lowest BCUT2D eigenvalue weighted by Crippen LogP contribution is -2.13. The van der Waals surface area contributed by atoms with Crippen molar-refractivity contribution in [1.82, 2.24) is 4.98 Å². The Morgan fingerprint density at radius 1 is 0.852 bits per heavy atom. The van der Waals surface area contributed by atoms with Gasteiger partial charge in [0, 0.05) is 30.2 Å². The molecule has 0 unspecified atom stereocenters. The van der Waals surface area contributed by atoms with Crippen molar-refractivity contribution in [1.29, 1.82) is 0 Å². The van der Waals surface area contributed by atoms with Crippen molar-refractivity contribution in [2.24, 2.45) is 0 Å². The minimum atomic E-state index is -0.206. The normalized spacial score (nSPS) is 10.1. The molecule has 0 atom stereocenters. The Bertz CT molecular complexity index is 951. The maximum Gasteiger partial charge on any atom is 0.257 e. The summed E-state index contributed by atoms with van der Waals surface area (Å²) < 4.78 is 0. The molecule has 2 aromatic carbocycles. The first kappa shape index (κ1) is 18.1. The van der Waals surface area contributed by atoms with Crippen molar-refractivity contribution >= 4 is 34.7 Å². The van der Waals surface area contributed by atoms with Crippen LogP contribution in [0.25, 0.3) is 0 Å². The highest BCUT2D eigenvalue weighted by Gasteiger charge is 2.08. The van der Waals surface area contributed by atoms with E-state index in [2.05, 4.69) is 20.9 Å². The summed E-state index contributed by atoms with van der Waals surface area (Å²) in [5.74, 6) is 0.301. The van der Waals surface area contributed by atoms with Crippen LogP contribution in [0.2, 0.25) is 0 Å². The third kappa shape index (κ3) is 4.92. The third-order valence-corrected chi connectivity index (χ3v) is 3.90. The highest BCUT2D eigenvalue weighted by Crippen LogP contribution is 2.19. The van der Waals surface area contributed by atoms with E-state index in [-0.39, 0.29) is 11.8 Å². The summed E-state index contributed by atoms with van der Waals surface area (Å²) in [7, 11) is 0. The predicted molar refractivity (Wildman–Crippen MR) is 107 cm³/mol. The van der Waals surface area contributed by atoms with E-state index >= 15 is 0 Å². The van der Waals surface area contributed by atoms with Gasteiger partial charge in [-0.15, -0.1) is 0 Å². The molecule has 0 aliphatic carbocycles. The van der Waals surface area contributed by atoms with Gasteiger partial charge in [0.15, 0.2) is 0 Å². The fourth-order valence-electron chi connectivity index (χ4n) is 2.50. The zero-order chi connectivity index (χ0) is 19.2. The predicted octanol–water partition coefficient (Wildman–Crippen LogP) is 4.34. The number of amides is 2. The highest BCUT2D eigenvalue weighted by atomic mass is 16.2. The molecule has 27 heavy (non-hydrogen) atoms. The van der Waals surface area contributed by atoms with Crippen LogP contribution in [0.5, 0.6) is 0 Å². The van der Waals surface area contributed by atoms with E-state index in [9.17, 15) is 9.59 Å². The van der Waals surface area contributed by atoms with Crippen LogP contribution in [0.4, 0.5) is 22.9 Å². The van der Waals surface area contributed by atoms with Gasteiger partial charge in [-0.3, -0.25) is 9.59 Å². The lowest BCUT2D eigenvalue weighted by molar-refractivity contribution is -0.114. The van der Waals surface area contributed by atoms with Gasteiger partial charge in [0.05, 0.1) is 5.56 Å². The van der Waals surface area contributed by atoms with Gasteiger partial charge in [0.2, 0.25) is 5.91 Å². The number of nitrogens with zero attached hydrogens (tertiary/aromatic N) is 1. The van der Waals surface area contributed by atoms with Gasteiger partial charge < -0.3 is 16.0 Å². The fourth-order valence-corrected chi connectivity index (χ4v) is 2.50. The summed E-state index contributed by atoms with van der Waals surface area (Å²) >= 11 is 0. The van der Waals surface area contributed by atoms with Crippen LogP contribution in [-0.2, 0) is 4.79 Å². The van der Waals surface area contributed by atoms with Crippen molar-refractivity contribution in [3.05, 3.63) is 78.0 Å². The van der Waals surface area contributed by atoms with Crippen molar-refractivity contribution < 1.29 is 9.59 Å². The summed E-state index contributed by atoms with van der Waals surface area (Å²) in [4.78, 5) is 27.7. The fraction of sp³-hybridized carbons (Fsp3) is 0.0952. The first-order chi connectivity index (χ1) is 13.0. The number of para-hydroxylation sites is 1. The number of anilines is 4. The first-order valence-corrected chi connectivity index (χ1v) is 8.49. The number of rotatable bonds is 5.